The molecule has 0 saturated carbocycles. The summed E-state index contributed by atoms with van der Waals surface area (Å²) in [6.45, 7) is 2.53. The number of aliphatic hydroxyl groups is 3. The van der Waals surface area contributed by atoms with Crippen LogP contribution < -0.4 is 10.2 Å². The third-order valence-electron chi connectivity index (χ3n) is 4.77. The molecular weight excluding hydrogens is 370 g/mol. The highest BCUT2D eigenvalue weighted by molar-refractivity contribution is 6.54. The van der Waals surface area contributed by atoms with Crippen molar-refractivity contribution in [1.82, 2.24) is 5.32 Å². The molecule has 0 aromatic heterocycles. The van der Waals surface area contributed by atoms with Crippen molar-refractivity contribution in [3.05, 3.63) is 29.3 Å². The molecule has 10 nitrogen and oxygen atoms in total. The van der Waals surface area contributed by atoms with Crippen LogP contribution in [0, 0.1) is 6.92 Å². The molecule has 152 valence electrons. The first-order valence-corrected chi connectivity index (χ1v) is 8.77. The molecule has 1 aromatic rings. The molecule has 0 bridgehead atoms. The van der Waals surface area contributed by atoms with Gasteiger partial charge in [0.05, 0.1) is 12.3 Å². The van der Waals surface area contributed by atoms with Crippen molar-refractivity contribution in [2.75, 3.05) is 18.6 Å². The van der Waals surface area contributed by atoms with E-state index in [1.807, 2.05) is 13.0 Å². The van der Waals surface area contributed by atoms with Gasteiger partial charge in [-0.3, -0.25) is 9.59 Å². The number of carbonyl (C=O) groups excluding carboxylic acids is 2. The first-order valence-electron chi connectivity index (χ1n) is 8.77. The maximum absolute atomic E-state index is 12.5. The van der Waals surface area contributed by atoms with E-state index in [9.17, 15) is 24.9 Å². The van der Waals surface area contributed by atoms with E-state index >= 15 is 0 Å². The molecule has 28 heavy (non-hydrogen) atoms. The lowest BCUT2D eigenvalue weighted by atomic mass is 9.97. The monoisotopic (exact) mass is 393 g/mol. The first kappa shape index (κ1) is 20.2. The standard InChI is InChI=1S/C18H23N3O7/c1-8-4-5-11-10(6-8)13(17(26)21(11)3)20-28-18-14(19-9(2)23)16(25)15(24)12(7-22)27-18/h4-6,12,14-16,18,22,24-25H,7H2,1-3H3,(H,19,23)/t12-,14+,15+,16-,18-/m0/s1. The Labute approximate surface area is 161 Å². The predicted molar refractivity (Wildman–Crippen MR) is 97.6 cm³/mol. The number of carbonyl (C=O) groups is 2. The molecule has 2 heterocycles. The Hall–Kier alpha value is -2.53. The summed E-state index contributed by atoms with van der Waals surface area (Å²) in [5.74, 6) is -0.868. The number of aryl methyl sites for hydroxylation is 1. The fourth-order valence-electron chi connectivity index (χ4n) is 3.27. The molecule has 0 spiro atoms. The highest BCUT2D eigenvalue weighted by atomic mass is 16.8. The van der Waals surface area contributed by atoms with E-state index in [4.69, 9.17) is 9.57 Å². The Morgan fingerprint density at radius 3 is 2.71 bits per heavy atom. The molecule has 3 rings (SSSR count). The molecule has 1 fully saturated rings. The number of oxime groups is 1. The number of hydrogen-bond acceptors (Lipinski definition) is 8. The Balaban J connectivity index is 1.89. The fraction of sp³-hybridized carbons (Fsp3) is 0.500. The van der Waals surface area contributed by atoms with Gasteiger partial charge in [-0.1, -0.05) is 16.8 Å². The van der Waals surface area contributed by atoms with Crippen LogP contribution in [-0.2, 0) is 19.2 Å². The number of benzene rings is 1. The van der Waals surface area contributed by atoms with Crippen molar-refractivity contribution >= 4 is 23.2 Å². The molecular formula is C18H23N3O7. The highest BCUT2D eigenvalue weighted by Crippen LogP contribution is 2.30. The van der Waals surface area contributed by atoms with Crippen molar-refractivity contribution < 1.29 is 34.5 Å². The predicted octanol–water partition coefficient (Wildman–Crippen LogP) is -1.36. The van der Waals surface area contributed by atoms with Crippen LogP contribution in [0.3, 0.4) is 0 Å². The largest absolute Gasteiger partial charge is 0.394 e. The molecule has 2 aliphatic heterocycles. The fourth-order valence-corrected chi connectivity index (χ4v) is 3.27. The van der Waals surface area contributed by atoms with Crippen LogP contribution in [0.5, 0.6) is 0 Å². The second kappa shape index (κ2) is 7.84. The summed E-state index contributed by atoms with van der Waals surface area (Å²) in [6, 6.07) is 4.31. The zero-order valence-corrected chi connectivity index (χ0v) is 15.7. The van der Waals surface area contributed by atoms with Gasteiger partial charge in [0.25, 0.3) is 5.91 Å². The van der Waals surface area contributed by atoms with Crippen LogP contribution >= 0.6 is 0 Å². The summed E-state index contributed by atoms with van der Waals surface area (Å²) in [4.78, 5) is 30.8. The SMILES string of the molecule is CC(=O)N[C@H]1[C@H](ON=C2C(=O)N(C)c3ccc(C)cc32)O[C@@H](CO)[C@@H](O)[C@H]1O. The highest BCUT2D eigenvalue weighted by Gasteiger charge is 2.46. The lowest BCUT2D eigenvalue weighted by molar-refractivity contribution is -0.270. The maximum Gasteiger partial charge on any atom is 0.280 e. The van der Waals surface area contributed by atoms with Gasteiger partial charge in [0, 0.05) is 19.5 Å². The summed E-state index contributed by atoms with van der Waals surface area (Å²) < 4.78 is 5.44. The molecule has 0 unspecified atom stereocenters. The van der Waals surface area contributed by atoms with E-state index in [2.05, 4.69) is 10.5 Å². The second-order valence-corrected chi connectivity index (χ2v) is 6.86. The summed E-state index contributed by atoms with van der Waals surface area (Å²) in [6.07, 6.45) is -5.35. The minimum Gasteiger partial charge on any atom is -0.394 e. The number of ether oxygens (including phenoxy) is 1. The van der Waals surface area contributed by atoms with Crippen LogP contribution in [0.15, 0.2) is 23.4 Å². The lowest BCUT2D eigenvalue weighted by Gasteiger charge is -2.40. The third-order valence-corrected chi connectivity index (χ3v) is 4.77. The number of nitrogens with one attached hydrogen (secondary N) is 1. The zero-order chi connectivity index (χ0) is 20.6. The van der Waals surface area contributed by atoms with Gasteiger partial charge in [-0.05, 0) is 19.1 Å². The topological polar surface area (TPSA) is 141 Å². The van der Waals surface area contributed by atoms with Gasteiger partial charge in [0.15, 0.2) is 5.71 Å². The van der Waals surface area contributed by atoms with Gasteiger partial charge in [-0.25, -0.2) is 0 Å². The summed E-state index contributed by atoms with van der Waals surface area (Å²) in [5.41, 5.74) is 2.23. The average molecular weight is 393 g/mol. The Bertz CT molecular complexity index is 812. The van der Waals surface area contributed by atoms with E-state index in [0.717, 1.165) is 5.56 Å². The Morgan fingerprint density at radius 1 is 1.36 bits per heavy atom. The van der Waals surface area contributed by atoms with Crippen LogP contribution in [0.1, 0.15) is 18.1 Å². The molecule has 4 N–H and O–H groups in total. The zero-order valence-electron chi connectivity index (χ0n) is 15.7. The van der Waals surface area contributed by atoms with Crippen LogP contribution in [0.4, 0.5) is 5.69 Å². The maximum atomic E-state index is 12.5. The normalized spacial score (nSPS) is 31.1. The van der Waals surface area contributed by atoms with E-state index in [-0.39, 0.29) is 11.6 Å². The van der Waals surface area contributed by atoms with Gasteiger partial charge in [-0.15, -0.1) is 0 Å². The van der Waals surface area contributed by atoms with Crippen molar-refractivity contribution in [3.8, 4) is 0 Å². The van der Waals surface area contributed by atoms with Gasteiger partial charge in [0.2, 0.25) is 12.2 Å². The number of rotatable bonds is 4. The van der Waals surface area contributed by atoms with Gasteiger partial charge in [-0.2, -0.15) is 0 Å². The van der Waals surface area contributed by atoms with E-state index < -0.39 is 43.2 Å². The van der Waals surface area contributed by atoms with E-state index in [1.54, 1.807) is 19.2 Å². The number of amides is 2. The summed E-state index contributed by atoms with van der Waals surface area (Å²) in [5, 5.41) is 36.0. The third kappa shape index (κ3) is 3.59. The van der Waals surface area contributed by atoms with Gasteiger partial charge in [0.1, 0.15) is 24.4 Å². The minimum atomic E-state index is -1.46. The van der Waals surface area contributed by atoms with E-state index in [1.165, 1.54) is 11.8 Å². The van der Waals surface area contributed by atoms with E-state index in [0.29, 0.717) is 11.3 Å². The van der Waals surface area contributed by atoms with Crippen LogP contribution in [0.25, 0.3) is 0 Å². The van der Waals surface area contributed by atoms with Gasteiger partial charge >= 0.3 is 0 Å². The molecule has 1 aromatic carbocycles. The molecule has 0 aliphatic carbocycles. The summed E-state index contributed by atoms with van der Waals surface area (Å²) in [7, 11) is 1.61. The molecule has 0 radical (unpaired) electrons. The van der Waals surface area contributed by atoms with Crippen molar-refractivity contribution in [1.29, 1.82) is 0 Å². The van der Waals surface area contributed by atoms with Gasteiger partial charge < -0.3 is 35.1 Å². The molecule has 2 aliphatic rings. The van der Waals surface area contributed by atoms with Crippen molar-refractivity contribution in [2.45, 2.75) is 44.5 Å². The number of aliphatic hydroxyl groups excluding tert-OH is 3. The Morgan fingerprint density at radius 2 is 2.07 bits per heavy atom. The summed E-state index contributed by atoms with van der Waals surface area (Å²) >= 11 is 0. The number of hydrogen-bond donors (Lipinski definition) is 4. The van der Waals surface area contributed by atoms with Crippen LogP contribution in [-0.4, -0.2) is 77.1 Å². The first-order chi connectivity index (χ1) is 13.2. The molecule has 5 atom stereocenters. The van der Waals surface area contributed by atoms with Crippen molar-refractivity contribution in [3.63, 3.8) is 0 Å². The lowest BCUT2D eigenvalue weighted by Crippen LogP contribution is -2.64. The molecule has 10 heteroatoms. The van der Waals surface area contributed by atoms with Crippen molar-refractivity contribution in [2.24, 2.45) is 5.16 Å². The van der Waals surface area contributed by atoms with Crippen LogP contribution in [0.2, 0.25) is 0 Å². The number of likely N-dealkylation sites (N-methyl/N-ethyl adjacent to an activating group) is 1. The average Bonchev–Trinajstić information content (AvgIpc) is 2.88. The Kier molecular flexibility index (Phi) is 5.66. The number of nitrogens with zero attached hydrogens (tertiary/aromatic N) is 2. The second-order valence-electron chi connectivity index (χ2n) is 6.86. The minimum absolute atomic E-state index is 0.0486. The number of anilines is 1. The quantitative estimate of drug-likeness (QED) is 0.463. The number of fused-ring (bicyclic) bond motifs is 1. The molecule has 1 saturated heterocycles. The smallest absolute Gasteiger partial charge is 0.280 e. The molecule has 2 amide bonds.